The van der Waals surface area contributed by atoms with Gasteiger partial charge < -0.3 is 14.8 Å². The molecule has 2 fully saturated rings. The van der Waals surface area contributed by atoms with Gasteiger partial charge in [0.25, 0.3) is 0 Å². The topological polar surface area (TPSA) is 50.2 Å². The summed E-state index contributed by atoms with van der Waals surface area (Å²) in [6.45, 7) is 2.24. The van der Waals surface area contributed by atoms with Crippen molar-refractivity contribution in [2.24, 2.45) is 0 Å². The number of carbonyl (C=O) groups is 1. The van der Waals surface area contributed by atoms with Gasteiger partial charge in [-0.25, -0.2) is 4.98 Å². The lowest BCUT2D eigenvalue weighted by Crippen LogP contribution is -2.18. The van der Waals surface area contributed by atoms with E-state index in [0.717, 1.165) is 53.1 Å². The Bertz CT molecular complexity index is 1080. The minimum absolute atomic E-state index is 0.0112. The fourth-order valence-electron chi connectivity index (χ4n) is 4.86. The van der Waals surface area contributed by atoms with Crippen LogP contribution >= 0.6 is 23.4 Å². The predicted molar refractivity (Wildman–Crippen MR) is 137 cm³/mol. The maximum atomic E-state index is 12.7. The van der Waals surface area contributed by atoms with E-state index in [0.29, 0.717) is 11.8 Å². The molecule has 3 aromatic rings. The van der Waals surface area contributed by atoms with Gasteiger partial charge in [-0.1, -0.05) is 48.3 Å². The summed E-state index contributed by atoms with van der Waals surface area (Å²) in [7, 11) is 0. The molecule has 33 heavy (non-hydrogen) atoms. The maximum Gasteiger partial charge on any atom is 0.234 e. The van der Waals surface area contributed by atoms with Crippen molar-refractivity contribution in [3.8, 4) is 11.3 Å². The Morgan fingerprint density at radius 1 is 1.00 bits per heavy atom. The van der Waals surface area contributed by atoms with E-state index in [-0.39, 0.29) is 5.91 Å². The van der Waals surface area contributed by atoms with Crippen molar-refractivity contribution in [3.63, 3.8) is 0 Å². The Morgan fingerprint density at radius 2 is 1.70 bits per heavy atom. The molecule has 0 spiro atoms. The molecule has 5 rings (SSSR count). The standard InChI is InChI=1S/C26H29ClN4OS/c27-20-9-7-19(8-10-20)24-17-28-26(31(24)23-5-1-2-6-23)33-18-25(32)29-21-11-13-22(14-12-21)30-15-3-4-16-30/h7-14,17,23H,1-6,15-16,18H2,(H,29,32). The van der Waals surface area contributed by atoms with E-state index in [1.54, 1.807) is 0 Å². The number of amides is 1. The SMILES string of the molecule is O=C(CSc1ncc(-c2ccc(Cl)cc2)n1C1CCCC1)Nc1ccc(N2CCCC2)cc1. The molecule has 2 aliphatic rings. The Balaban J connectivity index is 1.26. The summed E-state index contributed by atoms with van der Waals surface area (Å²) in [4.78, 5) is 19.8. The zero-order valence-corrected chi connectivity index (χ0v) is 20.2. The van der Waals surface area contributed by atoms with Gasteiger partial charge >= 0.3 is 0 Å². The molecular formula is C26H29ClN4OS. The third-order valence-corrected chi connectivity index (χ3v) is 7.77. The van der Waals surface area contributed by atoms with Crippen LogP contribution in [0.25, 0.3) is 11.3 Å². The van der Waals surface area contributed by atoms with Gasteiger partial charge in [0, 0.05) is 35.5 Å². The number of nitrogens with zero attached hydrogens (tertiary/aromatic N) is 3. The molecule has 1 aliphatic carbocycles. The molecule has 1 N–H and O–H groups in total. The minimum Gasteiger partial charge on any atom is -0.372 e. The molecule has 2 aromatic carbocycles. The van der Waals surface area contributed by atoms with Crippen LogP contribution in [-0.4, -0.2) is 34.3 Å². The van der Waals surface area contributed by atoms with Gasteiger partial charge in [-0.15, -0.1) is 0 Å². The number of thioether (sulfide) groups is 1. The summed E-state index contributed by atoms with van der Waals surface area (Å²) in [6.07, 6.45) is 9.22. The number of hydrogen-bond acceptors (Lipinski definition) is 4. The van der Waals surface area contributed by atoms with E-state index >= 15 is 0 Å². The second-order valence-corrected chi connectivity index (χ2v) is 10.2. The Hall–Kier alpha value is -2.44. The molecule has 172 valence electrons. The largest absolute Gasteiger partial charge is 0.372 e. The molecule has 1 saturated heterocycles. The first-order valence-corrected chi connectivity index (χ1v) is 13.1. The van der Waals surface area contributed by atoms with E-state index in [1.807, 2.05) is 42.6 Å². The predicted octanol–water partition coefficient (Wildman–Crippen LogP) is 6.65. The molecule has 1 saturated carbocycles. The highest BCUT2D eigenvalue weighted by Crippen LogP contribution is 2.38. The Kier molecular flexibility index (Phi) is 6.93. The smallest absolute Gasteiger partial charge is 0.234 e. The number of nitrogens with one attached hydrogen (secondary N) is 1. The first-order chi connectivity index (χ1) is 16.2. The highest BCUT2D eigenvalue weighted by atomic mass is 35.5. The van der Waals surface area contributed by atoms with E-state index in [4.69, 9.17) is 16.6 Å². The van der Waals surface area contributed by atoms with Gasteiger partial charge in [0.05, 0.1) is 17.6 Å². The third-order valence-electron chi connectivity index (χ3n) is 6.55. The summed E-state index contributed by atoms with van der Waals surface area (Å²) in [5.41, 5.74) is 4.27. The number of halogens is 1. The van der Waals surface area contributed by atoms with Gasteiger partial charge in [0.1, 0.15) is 0 Å². The first-order valence-electron chi connectivity index (χ1n) is 11.8. The number of imidazole rings is 1. The second kappa shape index (κ2) is 10.2. The first kappa shape index (κ1) is 22.4. The summed E-state index contributed by atoms with van der Waals surface area (Å²) >= 11 is 7.60. The number of carbonyl (C=O) groups excluding carboxylic acids is 1. The zero-order valence-electron chi connectivity index (χ0n) is 18.7. The third kappa shape index (κ3) is 5.22. The average molecular weight is 481 g/mol. The van der Waals surface area contributed by atoms with E-state index < -0.39 is 0 Å². The van der Waals surface area contributed by atoms with Crippen LogP contribution in [0.3, 0.4) is 0 Å². The molecule has 0 radical (unpaired) electrons. The van der Waals surface area contributed by atoms with Crippen molar-refractivity contribution in [2.45, 2.75) is 49.7 Å². The van der Waals surface area contributed by atoms with Crippen LogP contribution < -0.4 is 10.2 Å². The molecular weight excluding hydrogens is 452 g/mol. The molecule has 5 nitrogen and oxygen atoms in total. The van der Waals surface area contributed by atoms with Crippen molar-refractivity contribution in [1.82, 2.24) is 9.55 Å². The Morgan fingerprint density at radius 3 is 2.39 bits per heavy atom. The molecule has 2 heterocycles. The Labute approximate surface area is 204 Å². The van der Waals surface area contributed by atoms with Crippen molar-refractivity contribution in [3.05, 3.63) is 59.8 Å². The molecule has 0 unspecified atom stereocenters. The van der Waals surface area contributed by atoms with Crippen LogP contribution in [0.15, 0.2) is 59.9 Å². The number of hydrogen-bond donors (Lipinski definition) is 1. The van der Waals surface area contributed by atoms with Crippen LogP contribution in [0.2, 0.25) is 5.02 Å². The van der Waals surface area contributed by atoms with Crippen molar-refractivity contribution >= 4 is 40.6 Å². The van der Waals surface area contributed by atoms with Gasteiger partial charge in [-0.2, -0.15) is 0 Å². The normalized spacial score (nSPS) is 16.5. The van der Waals surface area contributed by atoms with Crippen LogP contribution in [-0.2, 0) is 4.79 Å². The molecule has 0 bridgehead atoms. The van der Waals surface area contributed by atoms with Gasteiger partial charge in [0.15, 0.2) is 5.16 Å². The number of anilines is 2. The van der Waals surface area contributed by atoms with Crippen LogP contribution in [0.5, 0.6) is 0 Å². The number of rotatable bonds is 7. The molecule has 1 aromatic heterocycles. The van der Waals surface area contributed by atoms with Crippen LogP contribution in [0, 0.1) is 0 Å². The monoisotopic (exact) mass is 480 g/mol. The summed E-state index contributed by atoms with van der Waals surface area (Å²) in [5.74, 6) is 0.320. The number of benzene rings is 2. The summed E-state index contributed by atoms with van der Waals surface area (Å²) < 4.78 is 2.33. The lowest BCUT2D eigenvalue weighted by molar-refractivity contribution is -0.113. The van der Waals surface area contributed by atoms with E-state index in [2.05, 4.69) is 26.9 Å². The van der Waals surface area contributed by atoms with Gasteiger partial charge in [0.2, 0.25) is 5.91 Å². The van der Waals surface area contributed by atoms with Crippen LogP contribution in [0.1, 0.15) is 44.6 Å². The molecule has 1 amide bonds. The lowest BCUT2D eigenvalue weighted by Gasteiger charge is -2.19. The van der Waals surface area contributed by atoms with Crippen molar-refractivity contribution < 1.29 is 4.79 Å². The molecule has 7 heteroatoms. The summed E-state index contributed by atoms with van der Waals surface area (Å²) in [5, 5.41) is 4.67. The van der Waals surface area contributed by atoms with Gasteiger partial charge in [-0.3, -0.25) is 4.79 Å². The second-order valence-electron chi connectivity index (χ2n) is 8.82. The fraction of sp³-hybridized carbons (Fsp3) is 0.385. The van der Waals surface area contributed by atoms with Crippen LogP contribution in [0.4, 0.5) is 11.4 Å². The molecule has 0 atom stereocenters. The highest BCUT2D eigenvalue weighted by Gasteiger charge is 2.24. The summed E-state index contributed by atoms with van der Waals surface area (Å²) in [6, 6.07) is 16.5. The van der Waals surface area contributed by atoms with E-state index in [9.17, 15) is 4.79 Å². The van der Waals surface area contributed by atoms with Crippen molar-refractivity contribution in [2.75, 3.05) is 29.1 Å². The average Bonchev–Trinajstić information content (AvgIpc) is 3.60. The minimum atomic E-state index is -0.0112. The number of aromatic nitrogens is 2. The fourth-order valence-corrected chi connectivity index (χ4v) is 5.83. The van der Waals surface area contributed by atoms with E-state index in [1.165, 1.54) is 43.1 Å². The zero-order chi connectivity index (χ0) is 22.6. The highest BCUT2D eigenvalue weighted by molar-refractivity contribution is 7.99. The molecule has 1 aliphatic heterocycles. The lowest BCUT2D eigenvalue weighted by atomic mass is 10.1. The van der Waals surface area contributed by atoms with Crippen molar-refractivity contribution in [1.29, 1.82) is 0 Å². The van der Waals surface area contributed by atoms with Gasteiger partial charge in [-0.05, 0) is 67.6 Å². The quantitative estimate of drug-likeness (QED) is 0.384. The maximum absolute atomic E-state index is 12.7.